The van der Waals surface area contributed by atoms with E-state index in [0.717, 1.165) is 15.5 Å². The first-order valence-electron chi connectivity index (χ1n) is 9.32. The Morgan fingerprint density at radius 3 is 2.39 bits per heavy atom. The van der Waals surface area contributed by atoms with Crippen LogP contribution < -0.4 is 10.2 Å². The average molecular weight is 577 g/mol. The van der Waals surface area contributed by atoms with Gasteiger partial charge in [-0.1, -0.05) is 27.5 Å². The molecule has 1 N–H and O–H groups in total. The van der Waals surface area contributed by atoms with Crippen LogP contribution in [0.1, 0.15) is 18.4 Å². The third-order valence-corrected chi connectivity index (χ3v) is 5.45. The molecule has 2 aromatic rings. The average Bonchev–Trinajstić information content (AvgIpc) is 3.41. The highest BCUT2D eigenvalue weighted by molar-refractivity contribution is 9.10. The molecule has 2 atom stereocenters. The molecular weight excluding hydrogens is 558 g/mol. The second-order valence-electron chi connectivity index (χ2n) is 6.63. The fourth-order valence-corrected chi connectivity index (χ4v) is 3.58. The van der Waals surface area contributed by atoms with E-state index in [-0.39, 0.29) is 5.15 Å². The molecule has 2 saturated heterocycles. The zero-order chi connectivity index (χ0) is 22.8. The van der Waals surface area contributed by atoms with Crippen molar-refractivity contribution in [2.24, 2.45) is 0 Å². The van der Waals surface area contributed by atoms with Gasteiger partial charge in [-0.15, -0.1) is 0 Å². The van der Waals surface area contributed by atoms with Crippen LogP contribution in [0.25, 0.3) is 4.85 Å². The lowest BCUT2D eigenvalue weighted by Gasteiger charge is -2.17. The first-order chi connectivity index (χ1) is 14.8. The molecule has 4 heterocycles. The van der Waals surface area contributed by atoms with Crippen molar-refractivity contribution in [3.05, 3.63) is 55.6 Å². The third-order valence-electron chi connectivity index (χ3n) is 4.29. The Morgan fingerprint density at radius 2 is 1.90 bits per heavy atom. The van der Waals surface area contributed by atoms with Gasteiger partial charge in [0, 0.05) is 34.4 Å². The predicted molar refractivity (Wildman–Crippen MR) is 124 cm³/mol. The number of anilines is 1. The molecule has 164 valence electrons. The Labute approximate surface area is 201 Å². The Bertz CT molecular complexity index is 960. The fourth-order valence-electron chi connectivity index (χ4n) is 2.79. The lowest BCUT2D eigenvalue weighted by molar-refractivity contribution is 0.361. The molecule has 6 nitrogen and oxygen atoms in total. The highest BCUT2D eigenvalue weighted by Crippen LogP contribution is 2.26. The van der Waals surface area contributed by atoms with Gasteiger partial charge in [-0.05, 0) is 47.4 Å². The highest BCUT2D eigenvalue weighted by atomic mass is 79.9. The van der Waals surface area contributed by atoms with Crippen molar-refractivity contribution >= 4 is 55.0 Å². The maximum Gasteiger partial charge on any atom is 0.224 e. The predicted octanol–water partition coefficient (Wildman–Crippen LogP) is 5.63. The molecule has 2 aliphatic heterocycles. The Hall–Kier alpha value is -1.85. The molecule has 4 rings (SSSR count). The van der Waals surface area contributed by atoms with E-state index in [1.54, 1.807) is 24.5 Å². The van der Waals surface area contributed by atoms with Gasteiger partial charge in [-0.3, -0.25) is 4.98 Å². The van der Waals surface area contributed by atoms with Gasteiger partial charge in [0.15, 0.2) is 0 Å². The number of hydrogen-bond donors (Lipinski definition) is 1. The number of aromatic nitrogens is 2. The molecule has 0 bridgehead atoms. The van der Waals surface area contributed by atoms with Crippen LogP contribution in [0, 0.1) is 17.9 Å². The standard InChI is InChI=1S/C10H9BrFN3.C6H2BrClN2.C4H8FN/c11-8-3-7(4-13)10(14-5-8)15-2-1-9(12)6-15;1-9-5-2-4(7)3-10-6(5)8;5-4-1-2-6-3-4/h3,5,9H,1-2,6H2;2-3H;4,6H,1-3H2/t9-;;4-/m0.0/s1. The summed E-state index contributed by atoms with van der Waals surface area (Å²) in [6.07, 6.45) is 3.04. The second-order valence-corrected chi connectivity index (χ2v) is 8.82. The van der Waals surface area contributed by atoms with Gasteiger partial charge in [0.25, 0.3) is 0 Å². The molecular formula is C20H19Br2ClF2N6. The minimum absolute atomic E-state index is 0.248. The summed E-state index contributed by atoms with van der Waals surface area (Å²) in [4.78, 5) is 12.9. The maximum absolute atomic E-state index is 13.0. The van der Waals surface area contributed by atoms with Gasteiger partial charge >= 0.3 is 0 Å². The van der Waals surface area contributed by atoms with E-state index in [2.05, 4.69) is 58.1 Å². The summed E-state index contributed by atoms with van der Waals surface area (Å²) in [5, 5.41) is 12.1. The quantitative estimate of drug-likeness (QED) is 0.352. The molecule has 31 heavy (non-hydrogen) atoms. The molecule has 0 spiro atoms. The summed E-state index contributed by atoms with van der Waals surface area (Å²) in [6, 6.07) is 5.40. The lowest BCUT2D eigenvalue weighted by atomic mass is 10.2. The number of alkyl halides is 2. The number of rotatable bonds is 1. The number of nitrogens with one attached hydrogen (secondary N) is 1. The molecule has 0 amide bonds. The summed E-state index contributed by atoms with van der Waals surface area (Å²) in [6.45, 7) is 9.06. The largest absolute Gasteiger partial charge is 0.352 e. The second kappa shape index (κ2) is 12.9. The van der Waals surface area contributed by atoms with Gasteiger partial charge in [0.05, 0.1) is 18.7 Å². The van der Waals surface area contributed by atoms with Crippen LogP contribution in [-0.2, 0) is 0 Å². The monoisotopic (exact) mass is 574 g/mol. The summed E-state index contributed by atoms with van der Waals surface area (Å²) in [5.74, 6) is 0.584. The van der Waals surface area contributed by atoms with E-state index in [4.69, 9.17) is 23.4 Å². The van der Waals surface area contributed by atoms with E-state index >= 15 is 0 Å². The zero-order valence-corrected chi connectivity index (χ0v) is 20.3. The molecule has 2 aliphatic rings. The van der Waals surface area contributed by atoms with E-state index in [1.165, 1.54) is 0 Å². The molecule has 2 aromatic heterocycles. The van der Waals surface area contributed by atoms with E-state index in [0.29, 0.717) is 49.5 Å². The Kier molecular flexibility index (Phi) is 10.6. The van der Waals surface area contributed by atoms with Crippen LogP contribution >= 0.6 is 43.5 Å². The topological polar surface area (TPSA) is 69.2 Å². The van der Waals surface area contributed by atoms with Crippen LogP contribution in [0.3, 0.4) is 0 Å². The third kappa shape index (κ3) is 8.30. The fraction of sp³-hybridized carbons (Fsp3) is 0.400. The first kappa shape index (κ1) is 25.4. The van der Waals surface area contributed by atoms with Gasteiger partial charge in [-0.2, -0.15) is 5.26 Å². The van der Waals surface area contributed by atoms with Crippen molar-refractivity contribution in [2.45, 2.75) is 25.2 Å². The molecule has 11 heteroatoms. The number of hydrogen-bond acceptors (Lipinski definition) is 5. The molecule has 2 fully saturated rings. The van der Waals surface area contributed by atoms with Crippen molar-refractivity contribution in [3.8, 4) is 6.07 Å². The number of nitriles is 1. The van der Waals surface area contributed by atoms with E-state index in [9.17, 15) is 8.78 Å². The van der Waals surface area contributed by atoms with Crippen molar-refractivity contribution < 1.29 is 8.78 Å². The SMILES string of the molecule is F[C@H]1CCNC1.N#Cc1cc(Br)cnc1N1CC[C@H](F)C1.[C-]#[N+]c1cc(Br)cnc1Cl. The van der Waals surface area contributed by atoms with Gasteiger partial charge in [0.2, 0.25) is 5.69 Å². The molecule has 0 aliphatic carbocycles. The molecule has 0 saturated carbocycles. The van der Waals surface area contributed by atoms with Crippen LogP contribution in [0.5, 0.6) is 0 Å². The Morgan fingerprint density at radius 1 is 1.19 bits per heavy atom. The van der Waals surface area contributed by atoms with Crippen molar-refractivity contribution in [2.75, 3.05) is 31.1 Å². The highest BCUT2D eigenvalue weighted by Gasteiger charge is 2.24. The van der Waals surface area contributed by atoms with Crippen LogP contribution in [0.4, 0.5) is 20.3 Å². The minimum atomic E-state index is -0.804. The summed E-state index contributed by atoms with van der Waals surface area (Å²) in [7, 11) is 0. The summed E-state index contributed by atoms with van der Waals surface area (Å²) < 4.78 is 26.4. The Balaban J connectivity index is 0.000000183. The van der Waals surface area contributed by atoms with Crippen LogP contribution in [0.2, 0.25) is 5.15 Å². The zero-order valence-electron chi connectivity index (χ0n) is 16.3. The minimum Gasteiger partial charge on any atom is -0.352 e. The normalized spacial score (nSPS) is 19.4. The summed E-state index contributed by atoms with van der Waals surface area (Å²) in [5.41, 5.74) is 0.856. The van der Waals surface area contributed by atoms with Gasteiger partial charge < -0.3 is 10.2 Å². The number of pyridine rings is 2. The molecule has 0 radical (unpaired) electrons. The van der Waals surface area contributed by atoms with Crippen molar-refractivity contribution in [3.63, 3.8) is 0 Å². The smallest absolute Gasteiger partial charge is 0.224 e. The number of halogens is 5. The van der Waals surface area contributed by atoms with Crippen LogP contribution in [-0.4, -0.2) is 48.5 Å². The molecule has 0 unspecified atom stereocenters. The van der Waals surface area contributed by atoms with E-state index < -0.39 is 12.3 Å². The van der Waals surface area contributed by atoms with E-state index in [1.807, 2.05) is 4.90 Å². The first-order valence-corrected chi connectivity index (χ1v) is 11.3. The lowest BCUT2D eigenvalue weighted by Crippen LogP contribution is -2.22. The summed E-state index contributed by atoms with van der Waals surface area (Å²) >= 11 is 12.0. The molecule has 0 aromatic carbocycles. The van der Waals surface area contributed by atoms with Crippen molar-refractivity contribution in [1.29, 1.82) is 5.26 Å². The van der Waals surface area contributed by atoms with Gasteiger partial charge in [-0.25, -0.2) is 18.6 Å². The van der Waals surface area contributed by atoms with Gasteiger partial charge in [0.1, 0.15) is 29.4 Å². The van der Waals surface area contributed by atoms with Crippen molar-refractivity contribution in [1.82, 2.24) is 15.3 Å². The number of nitrogens with zero attached hydrogens (tertiary/aromatic N) is 5. The maximum atomic E-state index is 13.0. The van der Waals surface area contributed by atoms with Crippen LogP contribution in [0.15, 0.2) is 33.5 Å².